The highest BCUT2D eigenvalue weighted by atomic mass is 32.1. The molecular formula is C12H13FN2OS. The number of nitrogens with two attached hydrogens (primary N) is 1. The molecule has 1 amide bonds. The van der Waals surface area contributed by atoms with Crippen LogP contribution in [0, 0.1) is 5.82 Å². The van der Waals surface area contributed by atoms with Gasteiger partial charge in [-0.1, -0.05) is 0 Å². The van der Waals surface area contributed by atoms with E-state index in [1.165, 1.54) is 23.5 Å². The molecule has 2 rings (SSSR count). The molecule has 0 unspecified atom stereocenters. The molecule has 0 aliphatic heterocycles. The topological polar surface area (TPSA) is 55.1 Å². The zero-order valence-electron chi connectivity index (χ0n) is 9.20. The van der Waals surface area contributed by atoms with Gasteiger partial charge in [0.1, 0.15) is 5.82 Å². The summed E-state index contributed by atoms with van der Waals surface area (Å²) >= 11 is 1.36. The van der Waals surface area contributed by atoms with Crippen molar-refractivity contribution < 1.29 is 9.18 Å². The molecule has 0 fully saturated rings. The Labute approximate surface area is 102 Å². The lowest BCUT2D eigenvalue weighted by molar-refractivity contribution is 0.0957. The molecule has 1 heterocycles. The molecule has 17 heavy (non-hydrogen) atoms. The van der Waals surface area contributed by atoms with Crippen LogP contribution in [0.15, 0.2) is 24.3 Å². The smallest absolute Gasteiger partial charge is 0.261 e. The van der Waals surface area contributed by atoms with Crippen molar-refractivity contribution in [2.24, 2.45) is 5.73 Å². The third kappa shape index (κ3) is 2.81. The summed E-state index contributed by atoms with van der Waals surface area (Å²) in [7, 11) is 0. The van der Waals surface area contributed by atoms with E-state index in [4.69, 9.17) is 5.73 Å². The number of hydrogen-bond acceptors (Lipinski definition) is 3. The fourth-order valence-corrected chi connectivity index (χ4v) is 2.48. The summed E-state index contributed by atoms with van der Waals surface area (Å²) in [6, 6.07) is 6.23. The molecule has 1 aromatic heterocycles. The van der Waals surface area contributed by atoms with Crippen LogP contribution in [-0.2, 0) is 0 Å². The number of nitrogens with one attached hydrogen (secondary N) is 1. The number of thiophene rings is 1. The third-order valence-corrected chi connectivity index (χ3v) is 3.48. The standard InChI is InChI=1S/C12H13FN2OS/c13-9-2-3-10-8(6-9)7-11(17-10)12(16)15-5-1-4-14/h2-3,6-7H,1,4-5,14H2,(H,15,16). The highest BCUT2D eigenvalue weighted by Gasteiger charge is 2.09. The lowest BCUT2D eigenvalue weighted by Crippen LogP contribution is -2.25. The Morgan fingerprint density at radius 1 is 1.41 bits per heavy atom. The number of benzene rings is 1. The lowest BCUT2D eigenvalue weighted by Gasteiger charge is -2.00. The molecule has 0 spiro atoms. The average molecular weight is 252 g/mol. The summed E-state index contributed by atoms with van der Waals surface area (Å²) in [6.07, 6.45) is 0.755. The Morgan fingerprint density at radius 3 is 3.00 bits per heavy atom. The van der Waals surface area contributed by atoms with Crippen molar-refractivity contribution in [3.05, 3.63) is 35.0 Å². The van der Waals surface area contributed by atoms with Crippen molar-refractivity contribution in [2.75, 3.05) is 13.1 Å². The summed E-state index contributed by atoms with van der Waals surface area (Å²) in [5.41, 5.74) is 5.34. The van der Waals surface area contributed by atoms with Crippen molar-refractivity contribution in [3.8, 4) is 0 Å². The number of carbonyl (C=O) groups excluding carboxylic acids is 1. The maximum Gasteiger partial charge on any atom is 0.261 e. The first-order valence-electron chi connectivity index (χ1n) is 5.38. The van der Waals surface area contributed by atoms with E-state index in [9.17, 15) is 9.18 Å². The van der Waals surface area contributed by atoms with Gasteiger partial charge in [-0.05, 0) is 42.6 Å². The zero-order chi connectivity index (χ0) is 12.3. The summed E-state index contributed by atoms with van der Waals surface area (Å²) < 4.78 is 13.9. The van der Waals surface area contributed by atoms with E-state index < -0.39 is 0 Å². The SMILES string of the molecule is NCCCNC(=O)c1cc2cc(F)ccc2s1. The van der Waals surface area contributed by atoms with Crippen LogP contribution in [0.2, 0.25) is 0 Å². The van der Waals surface area contributed by atoms with Gasteiger partial charge in [-0.15, -0.1) is 11.3 Å². The van der Waals surface area contributed by atoms with Gasteiger partial charge in [0.2, 0.25) is 0 Å². The molecule has 3 N–H and O–H groups in total. The van der Waals surface area contributed by atoms with Crippen molar-refractivity contribution in [1.82, 2.24) is 5.32 Å². The van der Waals surface area contributed by atoms with Crippen LogP contribution < -0.4 is 11.1 Å². The minimum Gasteiger partial charge on any atom is -0.351 e. The number of hydrogen-bond donors (Lipinski definition) is 2. The van der Waals surface area contributed by atoms with Crippen LogP contribution in [0.1, 0.15) is 16.1 Å². The molecule has 0 aliphatic carbocycles. The molecule has 0 atom stereocenters. The van der Waals surface area contributed by atoms with Gasteiger partial charge in [0.05, 0.1) is 4.88 Å². The van der Waals surface area contributed by atoms with Crippen molar-refractivity contribution in [1.29, 1.82) is 0 Å². The van der Waals surface area contributed by atoms with Crippen LogP contribution in [0.3, 0.4) is 0 Å². The Kier molecular flexibility index (Phi) is 3.71. The zero-order valence-corrected chi connectivity index (χ0v) is 10.0. The fourth-order valence-electron chi connectivity index (χ4n) is 1.52. The first-order valence-corrected chi connectivity index (χ1v) is 6.20. The van der Waals surface area contributed by atoms with Crippen LogP contribution >= 0.6 is 11.3 Å². The van der Waals surface area contributed by atoms with Crippen molar-refractivity contribution in [3.63, 3.8) is 0 Å². The van der Waals surface area contributed by atoms with Gasteiger partial charge in [-0.25, -0.2) is 4.39 Å². The fraction of sp³-hybridized carbons (Fsp3) is 0.250. The highest BCUT2D eigenvalue weighted by Crippen LogP contribution is 2.26. The molecule has 0 saturated carbocycles. The van der Waals surface area contributed by atoms with E-state index in [0.29, 0.717) is 18.0 Å². The van der Waals surface area contributed by atoms with Gasteiger partial charge in [0.25, 0.3) is 5.91 Å². The number of rotatable bonds is 4. The molecule has 1 aromatic carbocycles. The quantitative estimate of drug-likeness (QED) is 0.819. The first kappa shape index (κ1) is 12.0. The second-order valence-corrected chi connectivity index (χ2v) is 4.77. The summed E-state index contributed by atoms with van der Waals surface area (Å²) in [6.45, 7) is 1.12. The lowest BCUT2D eigenvalue weighted by atomic mass is 10.2. The molecule has 0 bridgehead atoms. The van der Waals surface area contributed by atoms with E-state index in [1.807, 2.05) is 0 Å². The average Bonchev–Trinajstić information content (AvgIpc) is 2.72. The van der Waals surface area contributed by atoms with Gasteiger partial charge < -0.3 is 11.1 Å². The van der Waals surface area contributed by atoms with Crippen LogP contribution in [0.25, 0.3) is 10.1 Å². The normalized spacial score (nSPS) is 10.7. The van der Waals surface area contributed by atoms with E-state index in [2.05, 4.69) is 5.32 Å². The second kappa shape index (κ2) is 5.25. The largest absolute Gasteiger partial charge is 0.351 e. The Morgan fingerprint density at radius 2 is 2.24 bits per heavy atom. The number of fused-ring (bicyclic) bond motifs is 1. The highest BCUT2D eigenvalue weighted by molar-refractivity contribution is 7.20. The van der Waals surface area contributed by atoms with Crippen molar-refractivity contribution in [2.45, 2.75) is 6.42 Å². The minimum atomic E-state index is -0.287. The van der Waals surface area contributed by atoms with Gasteiger partial charge in [-0.2, -0.15) is 0 Å². The number of amides is 1. The van der Waals surface area contributed by atoms with E-state index >= 15 is 0 Å². The van der Waals surface area contributed by atoms with Gasteiger partial charge >= 0.3 is 0 Å². The molecule has 0 aliphatic rings. The third-order valence-electron chi connectivity index (χ3n) is 2.37. The van der Waals surface area contributed by atoms with Crippen LogP contribution in [0.4, 0.5) is 4.39 Å². The predicted octanol–water partition coefficient (Wildman–Crippen LogP) is 2.12. The summed E-state index contributed by atoms with van der Waals surface area (Å²) in [5.74, 6) is -0.412. The maximum absolute atomic E-state index is 13.0. The molecule has 0 radical (unpaired) electrons. The first-order chi connectivity index (χ1) is 8.20. The minimum absolute atomic E-state index is 0.125. The van der Waals surface area contributed by atoms with Gasteiger partial charge in [-0.3, -0.25) is 4.79 Å². The Bertz CT molecular complexity index is 538. The predicted molar refractivity (Wildman–Crippen MR) is 67.8 cm³/mol. The molecule has 90 valence electrons. The monoisotopic (exact) mass is 252 g/mol. The van der Waals surface area contributed by atoms with Crippen LogP contribution in [-0.4, -0.2) is 19.0 Å². The number of carbonyl (C=O) groups is 1. The Balaban J connectivity index is 2.15. The summed E-state index contributed by atoms with van der Waals surface area (Å²) in [4.78, 5) is 12.3. The Hall–Kier alpha value is -1.46. The van der Waals surface area contributed by atoms with Crippen molar-refractivity contribution >= 4 is 27.3 Å². The molecule has 3 nitrogen and oxygen atoms in total. The van der Waals surface area contributed by atoms with E-state index in [-0.39, 0.29) is 11.7 Å². The molecular weight excluding hydrogens is 239 g/mol. The molecule has 0 saturated heterocycles. The van der Waals surface area contributed by atoms with E-state index in [1.54, 1.807) is 12.1 Å². The van der Waals surface area contributed by atoms with E-state index in [0.717, 1.165) is 16.5 Å². The number of halogens is 1. The van der Waals surface area contributed by atoms with Gasteiger partial charge in [0, 0.05) is 11.2 Å². The summed E-state index contributed by atoms with van der Waals surface area (Å²) in [5, 5.41) is 3.54. The van der Waals surface area contributed by atoms with Gasteiger partial charge in [0.15, 0.2) is 0 Å². The second-order valence-electron chi connectivity index (χ2n) is 3.69. The molecule has 2 aromatic rings. The molecule has 5 heteroatoms. The maximum atomic E-state index is 13.0. The van der Waals surface area contributed by atoms with Crippen LogP contribution in [0.5, 0.6) is 0 Å².